The van der Waals surface area contributed by atoms with Crippen molar-refractivity contribution >= 4 is 0 Å². The van der Waals surface area contributed by atoms with Crippen LogP contribution < -0.4 is 5.32 Å². The van der Waals surface area contributed by atoms with Crippen molar-refractivity contribution in [3.63, 3.8) is 0 Å². The molecular formula is C14H32N2O3. The topological polar surface area (TPSA) is 54.0 Å². The molecule has 2 unspecified atom stereocenters. The van der Waals surface area contributed by atoms with E-state index < -0.39 is 6.10 Å². The average molecular weight is 276 g/mol. The van der Waals surface area contributed by atoms with Gasteiger partial charge in [0, 0.05) is 32.3 Å². The van der Waals surface area contributed by atoms with Gasteiger partial charge in [-0.2, -0.15) is 0 Å². The van der Waals surface area contributed by atoms with E-state index in [1.165, 1.54) is 0 Å². The Balaban J connectivity index is 3.35. The van der Waals surface area contributed by atoms with Gasteiger partial charge in [0.1, 0.15) is 0 Å². The van der Waals surface area contributed by atoms with Gasteiger partial charge >= 0.3 is 0 Å². The Morgan fingerprint density at radius 1 is 1.21 bits per heavy atom. The van der Waals surface area contributed by atoms with Gasteiger partial charge in [0.15, 0.2) is 0 Å². The van der Waals surface area contributed by atoms with Crippen LogP contribution in [0.25, 0.3) is 0 Å². The molecule has 0 saturated carbocycles. The minimum atomic E-state index is -0.449. The zero-order valence-electron chi connectivity index (χ0n) is 13.0. The number of hydrogen-bond donors (Lipinski definition) is 2. The van der Waals surface area contributed by atoms with Gasteiger partial charge in [-0.15, -0.1) is 0 Å². The molecule has 0 aliphatic rings. The third-order valence-corrected chi connectivity index (χ3v) is 3.25. The molecule has 0 aliphatic carbocycles. The maximum absolute atomic E-state index is 9.68. The molecule has 0 rings (SSSR count). The Hall–Kier alpha value is -0.200. The second-order valence-electron chi connectivity index (χ2n) is 4.87. The highest BCUT2D eigenvalue weighted by Crippen LogP contribution is 1.98. The number of ether oxygens (including phenoxy) is 2. The zero-order valence-corrected chi connectivity index (χ0v) is 13.0. The fraction of sp³-hybridized carbons (Fsp3) is 1.00. The molecule has 0 spiro atoms. The maximum atomic E-state index is 9.68. The highest BCUT2D eigenvalue weighted by molar-refractivity contribution is 4.64. The fourth-order valence-corrected chi connectivity index (χ4v) is 1.60. The molecule has 2 N–H and O–H groups in total. The van der Waals surface area contributed by atoms with Crippen LogP contribution in [0.2, 0.25) is 0 Å². The van der Waals surface area contributed by atoms with Gasteiger partial charge < -0.3 is 24.8 Å². The molecule has 0 aromatic carbocycles. The lowest BCUT2D eigenvalue weighted by Crippen LogP contribution is -2.38. The molecule has 5 heteroatoms. The summed E-state index contributed by atoms with van der Waals surface area (Å²) in [5.74, 6) is 0. The number of likely N-dealkylation sites (N-methyl/N-ethyl adjacent to an activating group) is 1. The lowest BCUT2D eigenvalue weighted by Gasteiger charge is -2.23. The van der Waals surface area contributed by atoms with Crippen molar-refractivity contribution in [3.05, 3.63) is 0 Å². The molecule has 2 atom stereocenters. The average Bonchev–Trinajstić information content (AvgIpc) is 2.42. The molecule has 0 radical (unpaired) electrons. The smallest absolute Gasteiger partial charge is 0.0897 e. The molecule has 0 heterocycles. The number of aliphatic hydroxyl groups excluding tert-OH is 1. The summed E-state index contributed by atoms with van der Waals surface area (Å²) < 4.78 is 10.5. The van der Waals surface area contributed by atoms with Crippen LogP contribution in [0.3, 0.4) is 0 Å². The summed E-state index contributed by atoms with van der Waals surface area (Å²) in [5, 5.41) is 12.9. The molecule has 0 fully saturated rings. The Morgan fingerprint density at radius 2 is 1.89 bits per heavy atom. The summed E-state index contributed by atoms with van der Waals surface area (Å²) in [6, 6.07) is 0.605. The van der Waals surface area contributed by atoms with Gasteiger partial charge in [-0.05, 0) is 27.3 Å². The summed E-state index contributed by atoms with van der Waals surface area (Å²) in [6.07, 6.45) is 0.711. The highest BCUT2D eigenvalue weighted by Gasteiger charge is 2.07. The van der Waals surface area contributed by atoms with Crippen LogP contribution in [0.4, 0.5) is 0 Å². The van der Waals surface area contributed by atoms with Crippen molar-refractivity contribution in [1.29, 1.82) is 0 Å². The first-order chi connectivity index (χ1) is 9.11. The Kier molecular flexibility index (Phi) is 12.7. The first-order valence-corrected chi connectivity index (χ1v) is 7.36. The van der Waals surface area contributed by atoms with Crippen LogP contribution in [0.1, 0.15) is 27.2 Å². The largest absolute Gasteiger partial charge is 0.389 e. The first kappa shape index (κ1) is 18.8. The highest BCUT2D eigenvalue weighted by atomic mass is 16.5. The van der Waals surface area contributed by atoms with Gasteiger partial charge in [-0.3, -0.25) is 0 Å². The van der Waals surface area contributed by atoms with E-state index in [2.05, 4.69) is 31.1 Å². The second-order valence-corrected chi connectivity index (χ2v) is 4.87. The number of aliphatic hydroxyl groups is 1. The van der Waals surface area contributed by atoms with E-state index in [-0.39, 0.29) is 0 Å². The normalized spacial score (nSPS) is 14.8. The van der Waals surface area contributed by atoms with E-state index in [1.54, 1.807) is 0 Å². The van der Waals surface area contributed by atoms with E-state index in [4.69, 9.17) is 9.47 Å². The van der Waals surface area contributed by atoms with Gasteiger partial charge in [0.05, 0.1) is 25.9 Å². The molecule has 0 bridgehead atoms. The van der Waals surface area contributed by atoms with Crippen LogP contribution in [0.15, 0.2) is 0 Å². The number of nitrogens with one attached hydrogen (secondary N) is 1. The number of rotatable bonds is 13. The van der Waals surface area contributed by atoms with Crippen molar-refractivity contribution in [3.8, 4) is 0 Å². The van der Waals surface area contributed by atoms with Gasteiger partial charge in [0.2, 0.25) is 0 Å². The van der Waals surface area contributed by atoms with Crippen molar-refractivity contribution in [2.24, 2.45) is 0 Å². The molecule has 116 valence electrons. The molecule has 0 saturated heterocycles. The molecule has 5 nitrogen and oxygen atoms in total. The fourth-order valence-electron chi connectivity index (χ4n) is 1.60. The molecule has 0 amide bonds. The third-order valence-electron chi connectivity index (χ3n) is 3.25. The standard InChI is InChI=1S/C14H32N2O3/c1-5-13(3)16(4)8-7-15-11-14(17)12-19-10-9-18-6-2/h13-15,17H,5-12H2,1-4H3. The van der Waals surface area contributed by atoms with Crippen molar-refractivity contribution in [2.45, 2.75) is 39.3 Å². The lowest BCUT2D eigenvalue weighted by atomic mass is 10.2. The summed E-state index contributed by atoms with van der Waals surface area (Å²) in [7, 11) is 2.13. The first-order valence-electron chi connectivity index (χ1n) is 7.36. The Morgan fingerprint density at radius 3 is 2.53 bits per heavy atom. The van der Waals surface area contributed by atoms with Crippen LogP contribution in [-0.4, -0.2) is 75.3 Å². The van der Waals surface area contributed by atoms with Crippen molar-refractivity contribution in [1.82, 2.24) is 10.2 Å². The van der Waals surface area contributed by atoms with E-state index >= 15 is 0 Å². The Bertz CT molecular complexity index is 194. The van der Waals surface area contributed by atoms with Crippen molar-refractivity contribution in [2.75, 3.05) is 53.1 Å². The molecule has 0 aliphatic heterocycles. The quantitative estimate of drug-likeness (QED) is 0.486. The molecular weight excluding hydrogens is 244 g/mol. The molecule has 19 heavy (non-hydrogen) atoms. The van der Waals surface area contributed by atoms with E-state index in [9.17, 15) is 5.11 Å². The van der Waals surface area contributed by atoms with Gasteiger partial charge in [-0.1, -0.05) is 6.92 Å². The molecule has 0 aromatic heterocycles. The minimum absolute atomic E-state index is 0.362. The van der Waals surface area contributed by atoms with Crippen LogP contribution in [0.5, 0.6) is 0 Å². The van der Waals surface area contributed by atoms with Crippen LogP contribution >= 0.6 is 0 Å². The van der Waals surface area contributed by atoms with E-state index in [1.807, 2.05) is 6.92 Å². The number of hydrogen-bond acceptors (Lipinski definition) is 5. The van der Waals surface area contributed by atoms with Crippen LogP contribution in [-0.2, 0) is 9.47 Å². The number of nitrogens with zero attached hydrogens (tertiary/aromatic N) is 1. The van der Waals surface area contributed by atoms with E-state index in [0.29, 0.717) is 39.0 Å². The maximum Gasteiger partial charge on any atom is 0.0897 e. The summed E-state index contributed by atoms with van der Waals surface area (Å²) in [5.41, 5.74) is 0. The third kappa shape index (κ3) is 11.3. The Labute approximate surface area is 118 Å². The minimum Gasteiger partial charge on any atom is -0.389 e. The van der Waals surface area contributed by atoms with Gasteiger partial charge in [-0.25, -0.2) is 0 Å². The monoisotopic (exact) mass is 276 g/mol. The van der Waals surface area contributed by atoms with Crippen LogP contribution in [0, 0.1) is 0 Å². The second kappa shape index (κ2) is 12.8. The summed E-state index contributed by atoms with van der Waals surface area (Å²) in [6.45, 7) is 11.0. The van der Waals surface area contributed by atoms with Gasteiger partial charge in [0.25, 0.3) is 0 Å². The SMILES string of the molecule is CCOCCOCC(O)CNCCN(C)C(C)CC. The predicted molar refractivity (Wildman–Crippen MR) is 78.6 cm³/mol. The lowest BCUT2D eigenvalue weighted by molar-refractivity contribution is 0.00641. The molecule has 0 aromatic rings. The zero-order chi connectivity index (χ0) is 14.5. The summed E-state index contributed by atoms with van der Waals surface area (Å²) in [4.78, 5) is 2.32. The van der Waals surface area contributed by atoms with Crippen molar-refractivity contribution < 1.29 is 14.6 Å². The summed E-state index contributed by atoms with van der Waals surface area (Å²) >= 11 is 0. The predicted octanol–water partition coefficient (Wildman–Crippen LogP) is 0.720. The van der Waals surface area contributed by atoms with E-state index in [0.717, 1.165) is 19.5 Å².